The van der Waals surface area contributed by atoms with Crippen LogP contribution in [0.1, 0.15) is 35.7 Å². The Morgan fingerprint density at radius 1 is 1.18 bits per heavy atom. The Balaban J connectivity index is 1.59. The van der Waals surface area contributed by atoms with Crippen molar-refractivity contribution in [1.29, 1.82) is 0 Å². The van der Waals surface area contributed by atoms with Gasteiger partial charge in [0.25, 0.3) is 5.91 Å². The van der Waals surface area contributed by atoms with Crippen molar-refractivity contribution in [1.82, 2.24) is 23.9 Å². The second-order valence-corrected chi connectivity index (χ2v) is 11.4. The molecule has 1 aromatic heterocycles. The minimum absolute atomic E-state index is 0.0449. The molecule has 0 N–H and O–H groups in total. The van der Waals surface area contributed by atoms with Gasteiger partial charge in [-0.25, -0.2) is 8.42 Å². The van der Waals surface area contributed by atoms with E-state index in [4.69, 9.17) is 4.74 Å². The van der Waals surface area contributed by atoms with E-state index in [1.165, 1.54) is 21.4 Å². The first-order valence-electron chi connectivity index (χ1n) is 11.4. The summed E-state index contributed by atoms with van der Waals surface area (Å²) in [5.74, 6) is -0.926. The predicted octanol–water partition coefficient (Wildman–Crippen LogP) is 0.670. The molecule has 2 saturated heterocycles. The molecule has 2 amide bonds. The number of sulfonamides is 1. The molecule has 10 nitrogen and oxygen atoms in total. The maximum Gasteiger partial charge on any atom is 0.254 e. The van der Waals surface area contributed by atoms with Gasteiger partial charge < -0.3 is 14.5 Å². The molecule has 0 radical (unpaired) electrons. The normalized spacial score (nSPS) is 22.7. The molecular weight excluding hydrogens is 458 g/mol. The minimum atomic E-state index is -3.81. The molecule has 2 aromatic rings. The van der Waals surface area contributed by atoms with E-state index in [2.05, 4.69) is 5.10 Å². The molecule has 2 fully saturated rings. The zero-order valence-corrected chi connectivity index (χ0v) is 20.4. The van der Waals surface area contributed by atoms with Crippen LogP contribution in [0.3, 0.4) is 0 Å². The van der Waals surface area contributed by atoms with E-state index < -0.39 is 21.5 Å². The lowest BCUT2D eigenvalue weighted by molar-refractivity contribution is -0.145. The van der Waals surface area contributed by atoms with Crippen LogP contribution in [0.4, 0.5) is 0 Å². The molecule has 34 heavy (non-hydrogen) atoms. The van der Waals surface area contributed by atoms with Gasteiger partial charge in [0.05, 0.1) is 30.9 Å². The van der Waals surface area contributed by atoms with E-state index >= 15 is 0 Å². The summed E-state index contributed by atoms with van der Waals surface area (Å²) in [4.78, 5) is 31.2. The summed E-state index contributed by atoms with van der Waals surface area (Å²) < 4.78 is 34.8. The first-order valence-corrected chi connectivity index (χ1v) is 12.9. The van der Waals surface area contributed by atoms with Crippen LogP contribution in [0, 0.1) is 0 Å². The molecule has 11 heteroatoms. The topological polar surface area (TPSA) is 105 Å². The Bertz CT molecular complexity index is 1230. The van der Waals surface area contributed by atoms with Gasteiger partial charge in [0.1, 0.15) is 4.90 Å². The maximum atomic E-state index is 14.0. The second-order valence-electron chi connectivity index (χ2n) is 9.45. The van der Waals surface area contributed by atoms with E-state index in [1.54, 1.807) is 29.0 Å². The number of ether oxygens (including phenoxy) is 1. The van der Waals surface area contributed by atoms with E-state index in [9.17, 15) is 18.0 Å². The minimum Gasteiger partial charge on any atom is -0.378 e. The lowest BCUT2D eigenvalue weighted by atomic mass is 9.68. The van der Waals surface area contributed by atoms with Crippen molar-refractivity contribution in [2.45, 2.75) is 36.2 Å². The van der Waals surface area contributed by atoms with Crippen LogP contribution in [-0.4, -0.2) is 95.1 Å². The number of morpholine rings is 1. The van der Waals surface area contributed by atoms with Crippen LogP contribution in [0.15, 0.2) is 41.6 Å². The highest BCUT2D eigenvalue weighted by atomic mass is 32.2. The third-order valence-corrected chi connectivity index (χ3v) is 8.79. The van der Waals surface area contributed by atoms with Gasteiger partial charge in [0.15, 0.2) is 0 Å². The molecule has 182 valence electrons. The van der Waals surface area contributed by atoms with Crippen LogP contribution < -0.4 is 0 Å². The average Bonchev–Trinajstić information content (AvgIpc) is 3.24. The van der Waals surface area contributed by atoms with Crippen LogP contribution in [0.5, 0.6) is 0 Å². The van der Waals surface area contributed by atoms with E-state index in [0.717, 1.165) is 0 Å². The lowest BCUT2D eigenvalue weighted by Crippen LogP contribution is -2.78. The molecule has 1 spiro atoms. The van der Waals surface area contributed by atoms with Gasteiger partial charge >= 0.3 is 0 Å². The number of amides is 2. The van der Waals surface area contributed by atoms with Crippen LogP contribution in [0.2, 0.25) is 0 Å². The zero-order valence-electron chi connectivity index (χ0n) is 19.5. The quantitative estimate of drug-likeness (QED) is 0.628. The van der Waals surface area contributed by atoms with Crippen molar-refractivity contribution in [2.75, 3.05) is 39.4 Å². The number of aromatic nitrogens is 2. The van der Waals surface area contributed by atoms with Crippen molar-refractivity contribution in [3.63, 3.8) is 0 Å². The predicted molar refractivity (Wildman–Crippen MR) is 123 cm³/mol. The van der Waals surface area contributed by atoms with Crippen molar-refractivity contribution < 1.29 is 22.7 Å². The Hall–Kier alpha value is -2.76. The highest BCUT2D eigenvalue weighted by Gasteiger charge is 2.64. The Labute approximate surface area is 199 Å². The van der Waals surface area contributed by atoms with E-state index in [0.29, 0.717) is 37.4 Å². The molecule has 3 aliphatic rings. The first-order chi connectivity index (χ1) is 16.2. The first kappa shape index (κ1) is 23.0. The lowest BCUT2D eigenvalue weighted by Gasteiger charge is -2.61. The van der Waals surface area contributed by atoms with Gasteiger partial charge in [-0.05, 0) is 25.5 Å². The van der Waals surface area contributed by atoms with Gasteiger partial charge in [-0.2, -0.15) is 9.40 Å². The molecule has 5 rings (SSSR count). The number of nitrogens with zero attached hydrogens (tertiary/aromatic N) is 5. The van der Waals surface area contributed by atoms with Crippen molar-refractivity contribution in [3.8, 4) is 0 Å². The van der Waals surface area contributed by atoms with Crippen molar-refractivity contribution >= 4 is 21.8 Å². The van der Waals surface area contributed by atoms with Crippen molar-refractivity contribution in [2.24, 2.45) is 7.05 Å². The summed E-state index contributed by atoms with van der Waals surface area (Å²) in [5.41, 5.74) is 0.200. The Kier molecular flexibility index (Phi) is 5.53. The summed E-state index contributed by atoms with van der Waals surface area (Å²) in [6.45, 7) is 5.77. The molecule has 4 heterocycles. The largest absolute Gasteiger partial charge is 0.378 e. The third-order valence-electron chi connectivity index (χ3n) is 7.04. The fourth-order valence-corrected chi connectivity index (χ4v) is 7.08. The smallest absolute Gasteiger partial charge is 0.254 e. The van der Waals surface area contributed by atoms with Gasteiger partial charge in [-0.3, -0.25) is 14.3 Å². The SMILES string of the molecule is CC(C)N1C(=O)c2ccccc2C(C(=O)N2CCOCC2)C12CN(S(=O)(=O)c1cnn(C)c1)C2. The molecule has 1 atom stereocenters. The fraction of sp³-hybridized carbons (Fsp3) is 0.522. The molecule has 3 aliphatic heterocycles. The summed E-state index contributed by atoms with van der Waals surface area (Å²) in [7, 11) is -2.15. The summed E-state index contributed by atoms with van der Waals surface area (Å²) in [5, 5.41) is 3.99. The number of carbonyl (C=O) groups is 2. The number of aryl methyl sites for hydroxylation is 1. The number of hydrogen-bond donors (Lipinski definition) is 0. The van der Waals surface area contributed by atoms with E-state index in [1.807, 2.05) is 26.0 Å². The van der Waals surface area contributed by atoms with Crippen LogP contribution in [-0.2, 0) is 26.6 Å². The fourth-order valence-electron chi connectivity index (χ4n) is 5.53. The van der Waals surface area contributed by atoms with E-state index in [-0.39, 0.29) is 35.8 Å². The monoisotopic (exact) mass is 487 g/mol. The number of fused-ring (bicyclic) bond motifs is 1. The Morgan fingerprint density at radius 3 is 2.47 bits per heavy atom. The third kappa shape index (κ3) is 3.37. The summed E-state index contributed by atoms with van der Waals surface area (Å²) in [6, 6.07) is 6.98. The molecular formula is C23H29N5O5S. The number of rotatable bonds is 4. The zero-order chi connectivity index (χ0) is 24.3. The average molecular weight is 488 g/mol. The molecule has 0 bridgehead atoms. The molecule has 1 unspecified atom stereocenters. The Morgan fingerprint density at radius 2 is 1.85 bits per heavy atom. The molecule has 1 aromatic carbocycles. The number of benzene rings is 1. The standard InChI is InChI=1S/C23H29N5O5S/c1-16(2)28-21(29)19-7-5-4-6-18(19)20(22(30)26-8-10-33-11-9-26)23(28)14-27(15-23)34(31,32)17-12-24-25(3)13-17/h4-7,12-13,16,20H,8-11,14-15H2,1-3H3. The van der Waals surface area contributed by atoms with Crippen molar-refractivity contribution in [3.05, 3.63) is 47.8 Å². The molecule has 0 aliphatic carbocycles. The van der Waals surface area contributed by atoms with Crippen LogP contribution in [0.25, 0.3) is 0 Å². The highest BCUT2D eigenvalue weighted by molar-refractivity contribution is 7.89. The molecule has 0 saturated carbocycles. The highest BCUT2D eigenvalue weighted by Crippen LogP contribution is 2.49. The number of carbonyl (C=O) groups excluding carboxylic acids is 2. The van der Waals surface area contributed by atoms with Gasteiger partial charge in [0.2, 0.25) is 15.9 Å². The number of hydrogen-bond acceptors (Lipinski definition) is 6. The maximum absolute atomic E-state index is 14.0. The summed E-state index contributed by atoms with van der Waals surface area (Å²) in [6.07, 6.45) is 2.77. The van der Waals surface area contributed by atoms with Gasteiger partial charge in [-0.15, -0.1) is 0 Å². The van der Waals surface area contributed by atoms with Gasteiger partial charge in [-0.1, -0.05) is 18.2 Å². The van der Waals surface area contributed by atoms with Crippen LogP contribution >= 0.6 is 0 Å². The summed E-state index contributed by atoms with van der Waals surface area (Å²) >= 11 is 0. The van der Waals surface area contributed by atoms with Gasteiger partial charge in [0, 0.05) is 51.0 Å². The second kappa shape index (κ2) is 8.17.